The van der Waals surface area contributed by atoms with E-state index in [2.05, 4.69) is 22.5 Å². The van der Waals surface area contributed by atoms with Crippen molar-refractivity contribution in [2.24, 2.45) is 0 Å². The predicted octanol–water partition coefficient (Wildman–Crippen LogP) is 2.54. The minimum atomic E-state index is -0.749. The number of carbonyl (C=O) groups is 2. The summed E-state index contributed by atoms with van der Waals surface area (Å²) in [6.07, 6.45) is 0. The van der Waals surface area contributed by atoms with Crippen LogP contribution in [0.15, 0.2) is 57.7 Å². The maximum atomic E-state index is 12.3. The predicted molar refractivity (Wildman–Crippen MR) is 109 cm³/mol. The average molecular weight is 390 g/mol. The Morgan fingerprint density at radius 3 is 2.59 bits per heavy atom. The highest BCUT2D eigenvalue weighted by Gasteiger charge is 2.14. The van der Waals surface area contributed by atoms with Gasteiger partial charge in [0.2, 0.25) is 5.91 Å². The van der Waals surface area contributed by atoms with Crippen LogP contribution in [0.1, 0.15) is 22.8 Å². The molecule has 2 aromatic carbocycles. The third-order valence-corrected chi connectivity index (χ3v) is 3.96. The van der Waals surface area contributed by atoms with Gasteiger partial charge in [0.1, 0.15) is 5.56 Å². The lowest BCUT2D eigenvalue weighted by molar-refractivity contribution is -0.114. The molecule has 1 heterocycles. The van der Waals surface area contributed by atoms with E-state index in [9.17, 15) is 14.4 Å². The number of amides is 2. The molecule has 0 aliphatic rings. The third kappa shape index (κ3) is 4.82. The second-order valence-corrected chi connectivity index (χ2v) is 6.07. The summed E-state index contributed by atoms with van der Waals surface area (Å²) < 4.78 is 10.4. The summed E-state index contributed by atoms with van der Waals surface area (Å²) in [5.74, 6) is 5.41. The first-order valence-corrected chi connectivity index (χ1v) is 8.73. The topological polar surface area (TPSA) is 97.6 Å². The molecule has 29 heavy (non-hydrogen) atoms. The van der Waals surface area contributed by atoms with Crippen LogP contribution in [0.25, 0.3) is 11.0 Å². The van der Waals surface area contributed by atoms with Crippen molar-refractivity contribution in [2.75, 3.05) is 19.0 Å². The maximum Gasteiger partial charge on any atom is 0.349 e. The molecule has 7 heteroatoms. The minimum absolute atomic E-state index is 0.0574. The molecule has 3 aromatic rings. The average Bonchev–Trinajstić information content (AvgIpc) is 2.71. The van der Waals surface area contributed by atoms with Crippen molar-refractivity contribution in [1.82, 2.24) is 5.32 Å². The van der Waals surface area contributed by atoms with Crippen molar-refractivity contribution < 1.29 is 18.7 Å². The highest BCUT2D eigenvalue weighted by Crippen LogP contribution is 2.24. The number of anilines is 1. The zero-order valence-electron chi connectivity index (χ0n) is 15.9. The van der Waals surface area contributed by atoms with Crippen molar-refractivity contribution in [1.29, 1.82) is 0 Å². The van der Waals surface area contributed by atoms with Crippen LogP contribution < -0.4 is 21.0 Å². The Morgan fingerprint density at radius 2 is 1.90 bits per heavy atom. The molecule has 0 fully saturated rings. The van der Waals surface area contributed by atoms with Crippen LogP contribution in [0.3, 0.4) is 0 Å². The molecule has 0 bridgehead atoms. The zero-order valence-corrected chi connectivity index (χ0v) is 15.9. The highest BCUT2D eigenvalue weighted by atomic mass is 16.5. The standard InChI is InChI=1S/C22H18N2O5/c1-14(25)24-17-10-8-15(9-11-17)5-4-12-23-21(26)18-13-16-6-3-7-19(28-2)20(16)29-22(18)27/h3,6-11,13H,12H2,1-2H3,(H,23,26)(H,24,25). The summed E-state index contributed by atoms with van der Waals surface area (Å²) in [5, 5.41) is 5.83. The number of carbonyl (C=O) groups excluding carboxylic acids is 2. The Morgan fingerprint density at radius 1 is 1.14 bits per heavy atom. The molecule has 0 unspecified atom stereocenters. The van der Waals surface area contributed by atoms with Gasteiger partial charge in [-0.3, -0.25) is 9.59 Å². The first-order valence-electron chi connectivity index (χ1n) is 8.73. The van der Waals surface area contributed by atoms with E-state index in [1.165, 1.54) is 20.1 Å². The quantitative estimate of drug-likeness (QED) is 0.527. The normalized spacial score (nSPS) is 10.0. The fourth-order valence-corrected chi connectivity index (χ4v) is 2.64. The van der Waals surface area contributed by atoms with Crippen molar-refractivity contribution in [3.05, 3.63) is 70.1 Å². The number of rotatable bonds is 4. The van der Waals surface area contributed by atoms with Gasteiger partial charge in [0.15, 0.2) is 11.3 Å². The summed E-state index contributed by atoms with van der Waals surface area (Å²) in [4.78, 5) is 35.5. The van der Waals surface area contributed by atoms with Crippen LogP contribution in [0.4, 0.5) is 5.69 Å². The fourth-order valence-electron chi connectivity index (χ4n) is 2.64. The number of para-hydroxylation sites is 1. The number of benzene rings is 2. The van der Waals surface area contributed by atoms with Gasteiger partial charge in [-0.25, -0.2) is 4.79 Å². The smallest absolute Gasteiger partial charge is 0.349 e. The molecule has 0 aliphatic heterocycles. The van der Waals surface area contributed by atoms with E-state index in [4.69, 9.17) is 9.15 Å². The molecule has 2 amide bonds. The van der Waals surface area contributed by atoms with Crippen molar-refractivity contribution >= 4 is 28.5 Å². The van der Waals surface area contributed by atoms with Gasteiger partial charge in [-0.15, -0.1) is 0 Å². The van der Waals surface area contributed by atoms with Crippen LogP contribution >= 0.6 is 0 Å². The van der Waals surface area contributed by atoms with Crippen molar-refractivity contribution in [3.8, 4) is 17.6 Å². The van der Waals surface area contributed by atoms with Crippen LogP contribution in [-0.2, 0) is 4.79 Å². The van der Waals surface area contributed by atoms with Gasteiger partial charge >= 0.3 is 5.63 Å². The first kappa shape index (κ1) is 19.7. The van der Waals surface area contributed by atoms with Gasteiger partial charge in [0.05, 0.1) is 13.7 Å². The van der Waals surface area contributed by atoms with E-state index in [1.807, 2.05) is 0 Å². The van der Waals surface area contributed by atoms with Gasteiger partial charge in [-0.05, 0) is 36.4 Å². The van der Waals surface area contributed by atoms with Crippen LogP contribution in [0.2, 0.25) is 0 Å². The van der Waals surface area contributed by atoms with E-state index in [0.29, 0.717) is 22.4 Å². The molecule has 3 rings (SSSR count). The summed E-state index contributed by atoms with van der Waals surface area (Å²) in [6, 6.07) is 13.6. The second-order valence-electron chi connectivity index (χ2n) is 6.07. The molecule has 0 atom stereocenters. The fraction of sp³-hybridized carbons (Fsp3) is 0.136. The first-order chi connectivity index (χ1) is 14.0. The van der Waals surface area contributed by atoms with E-state index in [1.54, 1.807) is 42.5 Å². The number of fused-ring (bicyclic) bond motifs is 1. The number of ether oxygens (including phenoxy) is 1. The van der Waals surface area contributed by atoms with Crippen LogP contribution in [-0.4, -0.2) is 25.5 Å². The molecule has 0 saturated heterocycles. The number of nitrogens with one attached hydrogen (secondary N) is 2. The van der Waals surface area contributed by atoms with Crippen molar-refractivity contribution in [2.45, 2.75) is 6.92 Å². The highest BCUT2D eigenvalue weighted by molar-refractivity contribution is 5.97. The summed E-state index contributed by atoms with van der Waals surface area (Å²) in [5.41, 5.74) is 0.842. The van der Waals surface area contributed by atoms with Crippen LogP contribution in [0.5, 0.6) is 5.75 Å². The molecule has 7 nitrogen and oxygen atoms in total. The lowest BCUT2D eigenvalue weighted by Gasteiger charge is -2.05. The van der Waals surface area contributed by atoms with E-state index < -0.39 is 11.5 Å². The Hall–Kier alpha value is -4.05. The zero-order chi connectivity index (χ0) is 20.8. The number of hydrogen-bond donors (Lipinski definition) is 2. The van der Waals surface area contributed by atoms with Gasteiger partial charge < -0.3 is 19.8 Å². The summed E-state index contributed by atoms with van der Waals surface area (Å²) >= 11 is 0. The van der Waals surface area contributed by atoms with Crippen molar-refractivity contribution in [3.63, 3.8) is 0 Å². The monoisotopic (exact) mass is 390 g/mol. The molecule has 2 N–H and O–H groups in total. The number of methoxy groups -OCH3 is 1. The lowest BCUT2D eigenvalue weighted by atomic mass is 10.1. The Kier molecular flexibility index (Phi) is 5.95. The molecule has 0 spiro atoms. The molecule has 0 aliphatic carbocycles. The summed E-state index contributed by atoms with van der Waals surface area (Å²) in [6.45, 7) is 1.49. The van der Waals surface area contributed by atoms with Gasteiger partial charge in [-0.2, -0.15) is 0 Å². The SMILES string of the molecule is COc1cccc2cc(C(=O)NCC#Cc3ccc(NC(C)=O)cc3)c(=O)oc12. The largest absolute Gasteiger partial charge is 0.493 e. The van der Waals surface area contributed by atoms with Gasteiger partial charge in [0, 0.05) is 23.6 Å². The van der Waals surface area contributed by atoms with Crippen LogP contribution in [0, 0.1) is 11.8 Å². The molecular formula is C22H18N2O5. The Bertz CT molecular complexity index is 1180. The van der Waals surface area contributed by atoms with E-state index in [-0.39, 0.29) is 18.0 Å². The molecule has 1 aromatic heterocycles. The summed E-state index contributed by atoms with van der Waals surface area (Å²) in [7, 11) is 1.47. The van der Waals surface area contributed by atoms with E-state index >= 15 is 0 Å². The maximum absolute atomic E-state index is 12.3. The number of hydrogen-bond acceptors (Lipinski definition) is 5. The third-order valence-electron chi connectivity index (χ3n) is 3.96. The lowest BCUT2D eigenvalue weighted by Crippen LogP contribution is -2.28. The minimum Gasteiger partial charge on any atom is -0.493 e. The molecule has 146 valence electrons. The Labute approximate surface area is 166 Å². The molecule has 0 saturated carbocycles. The van der Waals surface area contributed by atoms with Gasteiger partial charge in [-0.1, -0.05) is 24.0 Å². The molecule has 0 radical (unpaired) electrons. The second kappa shape index (κ2) is 8.76. The van der Waals surface area contributed by atoms with E-state index in [0.717, 1.165) is 5.56 Å². The molecular weight excluding hydrogens is 372 g/mol. The van der Waals surface area contributed by atoms with Gasteiger partial charge in [0.25, 0.3) is 5.91 Å². The Balaban J connectivity index is 1.67.